The van der Waals surface area contributed by atoms with Crippen LogP contribution >= 0.6 is 11.6 Å². The summed E-state index contributed by atoms with van der Waals surface area (Å²) >= 11 is 6.02. The maximum absolute atomic E-state index is 12.8. The zero-order valence-corrected chi connectivity index (χ0v) is 15.1. The van der Waals surface area contributed by atoms with Crippen LogP contribution in [0.1, 0.15) is 16.1 Å². The Labute approximate surface area is 154 Å². The average molecular weight is 392 g/mol. The molecule has 0 atom stereocenters. The monoisotopic (exact) mass is 391 g/mol. The van der Waals surface area contributed by atoms with Crippen LogP contribution in [0, 0.1) is 6.92 Å². The Hall–Kier alpha value is -2.84. The average Bonchev–Trinajstić information content (AvgIpc) is 3.07. The van der Waals surface area contributed by atoms with Crippen molar-refractivity contribution in [2.75, 3.05) is 4.72 Å². The fourth-order valence-electron chi connectivity index (χ4n) is 2.41. The first kappa shape index (κ1) is 18.0. The number of hydrogen-bond acceptors (Lipinski definition) is 4. The zero-order valence-electron chi connectivity index (χ0n) is 13.5. The van der Waals surface area contributed by atoms with Gasteiger partial charge in [-0.05, 0) is 42.8 Å². The molecule has 0 fully saturated rings. The molecule has 7 nitrogen and oxygen atoms in total. The van der Waals surface area contributed by atoms with Crippen molar-refractivity contribution in [3.63, 3.8) is 0 Å². The molecule has 2 aromatic carbocycles. The number of hydrogen-bond donors (Lipinski definition) is 2. The van der Waals surface area contributed by atoms with Gasteiger partial charge in [-0.1, -0.05) is 29.8 Å². The molecule has 0 bridgehead atoms. The van der Waals surface area contributed by atoms with Gasteiger partial charge in [-0.2, -0.15) is 5.10 Å². The van der Waals surface area contributed by atoms with E-state index >= 15 is 0 Å². The number of rotatable bonds is 5. The Morgan fingerprint density at radius 3 is 2.58 bits per heavy atom. The molecule has 0 aliphatic carbocycles. The number of nitrogens with one attached hydrogen (secondary N) is 1. The van der Waals surface area contributed by atoms with Crippen LogP contribution in [0.2, 0.25) is 5.02 Å². The van der Waals surface area contributed by atoms with E-state index in [1.807, 2.05) is 0 Å². The molecule has 1 aromatic heterocycles. The highest BCUT2D eigenvalue weighted by Gasteiger charge is 2.20. The van der Waals surface area contributed by atoms with Gasteiger partial charge < -0.3 is 5.11 Å². The second-order valence-electron chi connectivity index (χ2n) is 5.44. The van der Waals surface area contributed by atoms with E-state index in [4.69, 9.17) is 16.7 Å². The topological polar surface area (TPSA) is 101 Å². The molecule has 26 heavy (non-hydrogen) atoms. The molecular weight excluding hydrogens is 378 g/mol. The predicted molar refractivity (Wildman–Crippen MR) is 97.5 cm³/mol. The molecule has 0 spiro atoms. The van der Waals surface area contributed by atoms with E-state index in [9.17, 15) is 13.2 Å². The Balaban J connectivity index is 2.03. The highest BCUT2D eigenvalue weighted by atomic mass is 35.5. The van der Waals surface area contributed by atoms with Gasteiger partial charge in [0.15, 0.2) is 5.69 Å². The van der Waals surface area contributed by atoms with Gasteiger partial charge in [0.1, 0.15) is 0 Å². The van der Waals surface area contributed by atoms with Gasteiger partial charge >= 0.3 is 5.97 Å². The molecule has 0 radical (unpaired) electrons. The number of carboxylic acid groups (broad SMARTS) is 1. The Kier molecular flexibility index (Phi) is 4.71. The first-order valence-electron chi connectivity index (χ1n) is 7.46. The molecule has 9 heteroatoms. The number of halogens is 1. The summed E-state index contributed by atoms with van der Waals surface area (Å²) in [5, 5.41) is 13.3. The number of sulfonamides is 1. The summed E-state index contributed by atoms with van der Waals surface area (Å²) < 4.78 is 29.4. The fourth-order valence-corrected chi connectivity index (χ4v) is 3.98. The van der Waals surface area contributed by atoms with E-state index < -0.39 is 16.0 Å². The lowest BCUT2D eigenvalue weighted by atomic mass is 10.2. The number of aromatic carboxylic acids is 1. The smallest absolute Gasteiger partial charge is 0.356 e. The highest BCUT2D eigenvalue weighted by molar-refractivity contribution is 7.92. The van der Waals surface area contributed by atoms with Gasteiger partial charge in [-0.25, -0.2) is 17.9 Å². The number of carboxylic acids is 1. The fraction of sp³-hybridized carbons (Fsp3) is 0.0588. The molecule has 0 aliphatic rings. The van der Waals surface area contributed by atoms with E-state index in [1.54, 1.807) is 43.3 Å². The third-order valence-corrected chi connectivity index (χ3v) is 5.63. The lowest BCUT2D eigenvalue weighted by Crippen LogP contribution is -2.16. The quantitative estimate of drug-likeness (QED) is 0.694. The van der Waals surface area contributed by atoms with Gasteiger partial charge in [-0.3, -0.25) is 4.72 Å². The van der Waals surface area contributed by atoms with Crippen molar-refractivity contribution in [3.05, 3.63) is 71.0 Å². The van der Waals surface area contributed by atoms with Crippen LogP contribution in [0.5, 0.6) is 0 Å². The van der Waals surface area contributed by atoms with Crippen LogP contribution in [0.15, 0.2) is 59.6 Å². The van der Waals surface area contributed by atoms with Crippen molar-refractivity contribution in [2.24, 2.45) is 0 Å². The molecule has 0 aliphatic heterocycles. The van der Waals surface area contributed by atoms with Gasteiger partial charge in [0.05, 0.1) is 16.3 Å². The summed E-state index contributed by atoms with van der Waals surface area (Å²) in [5.41, 5.74) is 0.940. The normalized spacial score (nSPS) is 11.3. The van der Waals surface area contributed by atoms with Crippen LogP contribution < -0.4 is 4.72 Å². The van der Waals surface area contributed by atoms with Gasteiger partial charge in [0.25, 0.3) is 10.0 Å². The van der Waals surface area contributed by atoms with Crippen molar-refractivity contribution in [3.8, 4) is 5.69 Å². The van der Waals surface area contributed by atoms with E-state index in [0.717, 1.165) is 0 Å². The number of nitrogens with zero attached hydrogens (tertiary/aromatic N) is 2. The number of para-hydroxylation sites is 2. The molecule has 134 valence electrons. The molecule has 0 saturated heterocycles. The lowest BCUT2D eigenvalue weighted by molar-refractivity contribution is 0.0690. The van der Waals surface area contributed by atoms with Crippen molar-refractivity contribution < 1.29 is 18.3 Å². The van der Waals surface area contributed by atoms with Crippen LogP contribution in [-0.4, -0.2) is 29.3 Å². The molecule has 3 aromatic rings. The van der Waals surface area contributed by atoms with E-state index in [2.05, 4.69) is 9.82 Å². The zero-order chi connectivity index (χ0) is 18.9. The molecule has 2 N–H and O–H groups in total. The number of carbonyl (C=O) groups is 1. The lowest BCUT2D eigenvalue weighted by Gasteiger charge is -2.14. The maximum atomic E-state index is 12.8. The van der Waals surface area contributed by atoms with Crippen molar-refractivity contribution in [2.45, 2.75) is 11.8 Å². The molecule has 1 heterocycles. The second kappa shape index (κ2) is 6.81. The van der Waals surface area contributed by atoms with Crippen LogP contribution in [0.4, 0.5) is 5.69 Å². The van der Waals surface area contributed by atoms with Crippen molar-refractivity contribution in [1.82, 2.24) is 9.78 Å². The number of benzene rings is 2. The van der Waals surface area contributed by atoms with Crippen LogP contribution in [0.25, 0.3) is 5.69 Å². The van der Waals surface area contributed by atoms with Crippen molar-refractivity contribution >= 4 is 33.3 Å². The highest BCUT2D eigenvalue weighted by Crippen LogP contribution is 2.27. The van der Waals surface area contributed by atoms with Gasteiger partial charge in [0, 0.05) is 11.2 Å². The van der Waals surface area contributed by atoms with Crippen LogP contribution in [0.3, 0.4) is 0 Å². The van der Waals surface area contributed by atoms with E-state index in [0.29, 0.717) is 16.3 Å². The first-order valence-corrected chi connectivity index (χ1v) is 9.32. The number of anilines is 1. The second-order valence-corrected chi connectivity index (χ2v) is 7.49. The summed E-state index contributed by atoms with van der Waals surface area (Å²) in [6.45, 7) is 1.62. The minimum absolute atomic E-state index is 0.0616. The van der Waals surface area contributed by atoms with Crippen LogP contribution in [-0.2, 0) is 10.0 Å². The predicted octanol–water partition coefficient (Wildman–Crippen LogP) is 3.33. The van der Waals surface area contributed by atoms with Crippen molar-refractivity contribution in [1.29, 1.82) is 0 Å². The molecule has 3 rings (SSSR count). The largest absolute Gasteiger partial charge is 0.476 e. The molecule has 0 saturated carbocycles. The summed E-state index contributed by atoms with van der Waals surface area (Å²) in [6, 6.07) is 12.5. The van der Waals surface area contributed by atoms with Gasteiger partial charge in [-0.15, -0.1) is 0 Å². The Morgan fingerprint density at radius 2 is 1.88 bits per heavy atom. The summed E-state index contributed by atoms with van der Waals surface area (Å²) in [6.07, 6.45) is 1.45. The standard InChI is InChI=1S/C17H14ClN3O4S/c1-11-12(18)5-4-8-16(11)26(24,25)20-13-6-2-3-7-15(13)21-10-9-14(19-21)17(22)23/h2-10,20H,1H3,(H,22,23). The third kappa shape index (κ3) is 3.42. The minimum Gasteiger partial charge on any atom is -0.476 e. The SMILES string of the molecule is Cc1c(Cl)cccc1S(=O)(=O)Nc1ccccc1-n1ccc(C(=O)O)n1. The molecule has 0 unspecified atom stereocenters. The minimum atomic E-state index is -3.90. The molecule has 0 amide bonds. The third-order valence-electron chi connectivity index (χ3n) is 3.71. The van der Waals surface area contributed by atoms with Gasteiger partial charge in [0.2, 0.25) is 0 Å². The number of aromatic nitrogens is 2. The Bertz CT molecular complexity index is 1090. The maximum Gasteiger partial charge on any atom is 0.356 e. The van der Waals surface area contributed by atoms with E-state index in [1.165, 1.54) is 23.0 Å². The van der Waals surface area contributed by atoms with E-state index in [-0.39, 0.29) is 16.3 Å². The summed E-state index contributed by atoms with van der Waals surface area (Å²) in [5.74, 6) is -1.17. The summed E-state index contributed by atoms with van der Waals surface area (Å²) in [7, 11) is -3.90. The first-order chi connectivity index (χ1) is 12.3. The molecular formula is C17H14ClN3O4S. The Morgan fingerprint density at radius 1 is 1.15 bits per heavy atom. The summed E-state index contributed by atoms with van der Waals surface area (Å²) in [4.78, 5) is 11.1.